The van der Waals surface area contributed by atoms with Crippen molar-refractivity contribution in [1.82, 2.24) is 10.6 Å². The molecule has 4 nitrogen and oxygen atoms in total. The van der Waals surface area contributed by atoms with E-state index in [1.807, 2.05) is 43.3 Å². The standard InChI is InChI=1S/C18H22ClN3O.HI/c1-3-20-18(21-12-14-8-10-15(23)11-9-14)22-13(2)16-6-4-5-7-17(16)19;/h4-11,13,23H,3,12H2,1-2H3,(H2,20,21,22);1H. The topological polar surface area (TPSA) is 56.7 Å². The van der Waals surface area contributed by atoms with Gasteiger partial charge in [-0.3, -0.25) is 0 Å². The number of benzene rings is 2. The molecule has 2 aromatic carbocycles. The molecule has 0 bridgehead atoms. The molecule has 24 heavy (non-hydrogen) atoms. The summed E-state index contributed by atoms with van der Waals surface area (Å²) in [6.07, 6.45) is 0. The lowest BCUT2D eigenvalue weighted by atomic mass is 10.1. The monoisotopic (exact) mass is 459 g/mol. The van der Waals surface area contributed by atoms with Crippen LogP contribution < -0.4 is 10.6 Å². The molecule has 130 valence electrons. The fourth-order valence-electron chi connectivity index (χ4n) is 2.20. The maximum Gasteiger partial charge on any atom is 0.192 e. The van der Waals surface area contributed by atoms with Gasteiger partial charge in [-0.1, -0.05) is 41.9 Å². The van der Waals surface area contributed by atoms with Crippen molar-refractivity contribution in [2.24, 2.45) is 4.99 Å². The lowest BCUT2D eigenvalue weighted by molar-refractivity contribution is 0.475. The molecule has 0 aliphatic heterocycles. The molecule has 0 saturated carbocycles. The third-order valence-corrected chi connectivity index (χ3v) is 3.77. The highest BCUT2D eigenvalue weighted by molar-refractivity contribution is 14.0. The van der Waals surface area contributed by atoms with Crippen molar-refractivity contribution in [1.29, 1.82) is 0 Å². The van der Waals surface area contributed by atoms with E-state index in [2.05, 4.69) is 22.5 Å². The zero-order chi connectivity index (χ0) is 16.7. The molecule has 0 aromatic heterocycles. The molecule has 0 spiro atoms. The van der Waals surface area contributed by atoms with Crippen LogP contribution in [0, 0.1) is 0 Å². The van der Waals surface area contributed by atoms with Gasteiger partial charge in [0.1, 0.15) is 5.75 Å². The number of rotatable bonds is 5. The largest absolute Gasteiger partial charge is 0.508 e. The molecule has 1 atom stereocenters. The van der Waals surface area contributed by atoms with Crippen LogP contribution >= 0.6 is 35.6 Å². The van der Waals surface area contributed by atoms with E-state index in [1.165, 1.54) is 0 Å². The molecule has 0 saturated heterocycles. The van der Waals surface area contributed by atoms with Crippen molar-refractivity contribution in [3.05, 3.63) is 64.7 Å². The summed E-state index contributed by atoms with van der Waals surface area (Å²) in [4.78, 5) is 4.58. The number of aliphatic imine (C=N–C) groups is 1. The van der Waals surface area contributed by atoms with Crippen LogP contribution in [0.2, 0.25) is 5.02 Å². The molecule has 2 aromatic rings. The van der Waals surface area contributed by atoms with E-state index in [0.717, 1.165) is 28.7 Å². The second-order valence-corrected chi connectivity index (χ2v) is 5.66. The van der Waals surface area contributed by atoms with Gasteiger partial charge in [0.05, 0.1) is 12.6 Å². The molecule has 2 rings (SSSR count). The quantitative estimate of drug-likeness (QED) is 0.351. The minimum Gasteiger partial charge on any atom is -0.508 e. The predicted molar refractivity (Wildman–Crippen MR) is 111 cm³/mol. The Balaban J connectivity index is 0.00000288. The number of nitrogens with zero attached hydrogens (tertiary/aromatic N) is 1. The third-order valence-electron chi connectivity index (χ3n) is 3.43. The Bertz CT molecular complexity index is 662. The highest BCUT2D eigenvalue weighted by Gasteiger charge is 2.10. The molecule has 0 fully saturated rings. The highest BCUT2D eigenvalue weighted by atomic mass is 127. The number of hydrogen-bond donors (Lipinski definition) is 3. The van der Waals surface area contributed by atoms with Gasteiger partial charge in [-0.05, 0) is 43.2 Å². The van der Waals surface area contributed by atoms with E-state index in [1.54, 1.807) is 12.1 Å². The summed E-state index contributed by atoms with van der Waals surface area (Å²) in [5.41, 5.74) is 2.06. The Morgan fingerprint density at radius 1 is 1.17 bits per heavy atom. The summed E-state index contributed by atoms with van der Waals surface area (Å²) >= 11 is 6.24. The van der Waals surface area contributed by atoms with Gasteiger partial charge < -0.3 is 15.7 Å². The summed E-state index contributed by atoms with van der Waals surface area (Å²) in [6.45, 7) is 5.38. The van der Waals surface area contributed by atoms with Crippen molar-refractivity contribution in [2.75, 3.05) is 6.54 Å². The maximum atomic E-state index is 9.32. The van der Waals surface area contributed by atoms with Crippen LogP contribution in [-0.2, 0) is 6.54 Å². The summed E-state index contributed by atoms with van der Waals surface area (Å²) in [5.74, 6) is 0.989. The van der Waals surface area contributed by atoms with Crippen LogP contribution in [0.3, 0.4) is 0 Å². The van der Waals surface area contributed by atoms with Crippen molar-refractivity contribution in [3.8, 4) is 5.75 Å². The Labute approximate surface area is 165 Å². The Morgan fingerprint density at radius 2 is 1.83 bits per heavy atom. The Morgan fingerprint density at radius 3 is 2.46 bits per heavy atom. The minimum absolute atomic E-state index is 0. The smallest absolute Gasteiger partial charge is 0.192 e. The molecule has 6 heteroatoms. The van der Waals surface area contributed by atoms with Gasteiger partial charge in [-0.25, -0.2) is 4.99 Å². The number of halogens is 2. The molecular weight excluding hydrogens is 437 g/mol. The third kappa shape index (κ3) is 6.20. The summed E-state index contributed by atoms with van der Waals surface area (Å²) in [6, 6.07) is 14.9. The molecule has 1 unspecified atom stereocenters. The van der Waals surface area contributed by atoms with Crippen molar-refractivity contribution >= 4 is 41.5 Å². The first kappa shape index (κ1) is 20.6. The average Bonchev–Trinajstić information content (AvgIpc) is 2.54. The lowest BCUT2D eigenvalue weighted by Gasteiger charge is -2.19. The van der Waals surface area contributed by atoms with E-state index in [-0.39, 0.29) is 35.8 Å². The molecular formula is C18H23ClIN3O. The van der Waals surface area contributed by atoms with Crippen LogP contribution in [0.25, 0.3) is 0 Å². The highest BCUT2D eigenvalue weighted by Crippen LogP contribution is 2.22. The van der Waals surface area contributed by atoms with Gasteiger partial charge in [0.2, 0.25) is 0 Å². The van der Waals surface area contributed by atoms with Gasteiger partial charge in [0.15, 0.2) is 5.96 Å². The van der Waals surface area contributed by atoms with Crippen LogP contribution in [0.4, 0.5) is 0 Å². The Hall–Kier alpha value is -1.47. The number of guanidine groups is 1. The number of aromatic hydroxyl groups is 1. The van der Waals surface area contributed by atoms with Gasteiger partial charge in [-0.15, -0.1) is 24.0 Å². The lowest BCUT2D eigenvalue weighted by Crippen LogP contribution is -2.38. The van der Waals surface area contributed by atoms with Crippen LogP contribution in [0.1, 0.15) is 31.0 Å². The molecule has 0 aliphatic rings. The minimum atomic E-state index is 0. The van der Waals surface area contributed by atoms with E-state index >= 15 is 0 Å². The first-order chi connectivity index (χ1) is 11.1. The molecule has 3 N–H and O–H groups in total. The summed E-state index contributed by atoms with van der Waals surface area (Å²) in [7, 11) is 0. The van der Waals surface area contributed by atoms with E-state index < -0.39 is 0 Å². The normalized spacial score (nSPS) is 12.2. The van der Waals surface area contributed by atoms with Gasteiger partial charge in [0.25, 0.3) is 0 Å². The predicted octanol–water partition coefficient (Wildman–Crippen LogP) is 4.48. The van der Waals surface area contributed by atoms with Crippen molar-refractivity contribution in [3.63, 3.8) is 0 Å². The SMILES string of the molecule is CCNC(=NCc1ccc(O)cc1)NC(C)c1ccccc1Cl.I. The number of phenolic OH excluding ortho intramolecular Hbond substituents is 1. The first-order valence-corrected chi connectivity index (χ1v) is 8.05. The van der Waals surface area contributed by atoms with Gasteiger partial charge >= 0.3 is 0 Å². The fourth-order valence-corrected chi connectivity index (χ4v) is 2.50. The molecule has 0 radical (unpaired) electrons. The molecule has 0 heterocycles. The average molecular weight is 460 g/mol. The molecule has 0 amide bonds. The van der Waals surface area contributed by atoms with Crippen LogP contribution in [0.15, 0.2) is 53.5 Å². The zero-order valence-corrected chi connectivity index (χ0v) is 16.9. The van der Waals surface area contributed by atoms with Crippen molar-refractivity contribution < 1.29 is 5.11 Å². The zero-order valence-electron chi connectivity index (χ0n) is 13.8. The molecule has 0 aliphatic carbocycles. The van der Waals surface area contributed by atoms with E-state index in [4.69, 9.17) is 11.6 Å². The second-order valence-electron chi connectivity index (χ2n) is 5.25. The van der Waals surface area contributed by atoms with Crippen LogP contribution in [0.5, 0.6) is 5.75 Å². The van der Waals surface area contributed by atoms with E-state index in [0.29, 0.717) is 6.54 Å². The summed E-state index contributed by atoms with van der Waals surface area (Å²) < 4.78 is 0. The summed E-state index contributed by atoms with van der Waals surface area (Å²) in [5, 5.41) is 16.6. The fraction of sp³-hybridized carbons (Fsp3) is 0.278. The van der Waals surface area contributed by atoms with Crippen molar-refractivity contribution in [2.45, 2.75) is 26.4 Å². The number of phenols is 1. The number of nitrogens with one attached hydrogen (secondary N) is 2. The second kappa shape index (κ2) is 10.4. The first-order valence-electron chi connectivity index (χ1n) is 7.67. The van der Waals surface area contributed by atoms with Crippen LogP contribution in [-0.4, -0.2) is 17.6 Å². The number of hydrogen-bond acceptors (Lipinski definition) is 2. The van der Waals surface area contributed by atoms with Gasteiger partial charge in [0, 0.05) is 11.6 Å². The van der Waals surface area contributed by atoms with Gasteiger partial charge in [-0.2, -0.15) is 0 Å². The maximum absolute atomic E-state index is 9.32. The Kier molecular flexibility index (Phi) is 8.92. The van der Waals surface area contributed by atoms with E-state index in [9.17, 15) is 5.11 Å².